The van der Waals surface area contributed by atoms with Crippen LogP contribution in [-0.2, 0) is 0 Å². The van der Waals surface area contributed by atoms with E-state index in [2.05, 4.69) is 0 Å². The summed E-state index contributed by atoms with van der Waals surface area (Å²) in [6.45, 7) is 1.66. The minimum atomic E-state index is -1.44. The predicted molar refractivity (Wildman–Crippen MR) is 97.1 cm³/mol. The van der Waals surface area contributed by atoms with Gasteiger partial charge in [0.1, 0.15) is 17.2 Å². The van der Waals surface area contributed by atoms with Crippen LogP contribution in [0.4, 0.5) is 14.5 Å². The Kier molecular flexibility index (Phi) is 3.76. The zero-order valence-corrected chi connectivity index (χ0v) is 14.4. The Bertz CT molecular complexity index is 1180. The third kappa shape index (κ3) is 2.66. The van der Waals surface area contributed by atoms with E-state index < -0.39 is 28.7 Å². The zero-order chi connectivity index (χ0) is 19.5. The van der Waals surface area contributed by atoms with E-state index in [4.69, 9.17) is 5.73 Å². The summed E-state index contributed by atoms with van der Waals surface area (Å²) in [4.78, 5) is 24.9. The second-order valence-corrected chi connectivity index (χ2v) is 6.84. The second kappa shape index (κ2) is 5.90. The van der Waals surface area contributed by atoms with Gasteiger partial charge in [0.25, 0.3) is 5.56 Å². The summed E-state index contributed by atoms with van der Waals surface area (Å²) in [6.07, 6.45) is 2.62. The lowest BCUT2D eigenvalue weighted by Crippen LogP contribution is -2.26. The molecule has 2 heterocycles. The highest BCUT2D eigenvalue weighted by molar-refractivity contribution is 5.99. The van der Waals surface area contributed by atoms with Gasteiger partial charge in [0.05, 0.1) is 11.2 Å². The van der Waals surface area contributed by atoms with Crippen molar-refractivity contribution in [3.8, 4) is 11.1 Å². The maximum absolute atomic E-state index is 14.1. The number of fused-ring (bicyclic) bond motifs is 1. The third-order valence-corrected chi connectivity index (χ3v) is 4.92. The third-order valence-electron chi connectivity index (χ3n) is 4.92. The average Bonchev–Trinajstić information content (AvgIpc) is 3.42. The van der Waals surface area contributed by atoms with Crippen LogP contribution in [0.3, 0.4) is 0 Å². The number of halogens is 2. The SMILES string of the molecule is Cc1cc(F)cn2c(=O)c(C(=O)O)c(-c3ccc(N)c(F)c3)c(C3CC3)c12. The molecule has 0 saturated heterocycles. The predicted octanol–water partition coefficient (Wildman–Crippen LogP) is 3.71. The van der Waals surface area contributed by atoms with Gasteiger partial charge in [0, 0.05) is 11.8 Å². The summed E-state index contributed by atoms with van der Waals surface area (Å²) in [5, 5.41) is 9.73. The number of nitrogen functional groups attached to an aromatic ring is 1. The number of nitrogens with zero attached hydrogens (tertiary/aromatic N) is 1. The van der Waals surface area contributed by atoms with Crippen LogP contribution in [0.25, 0.3) is 16.6 Å². The van der Waals surface area contributed by atoms with Gasteiger partial charge in [0.15, 0.2) is 0 Å². The van der Waals surface area contributed by atoms with Crippen molar-refractivity contribution >= 4 is 17.2 Å². The molecule has 1 aliphatic carbocycles. The van der Waals surface area contributed by atoms with E-state index >= 15 is 0 Å². The molecule has 0 spiro atoms. The number of hydrogen-bond acceptors (Lipinski definition) is 3. The monoisotopic (exact) mass is 370 g/mol. The van der Waals surface area contributed by atoms with Crippen LogP contribution >= 0.6 is 0 Å². The quantitative estimate of drug-likeness (QED) is 0.689. The molecule has 3 N–H and O–H groups in total. The topological polar surface area (TPSA) is 84.8 Å². The normalized spacial score (nSPS) is 13.9. The van der Waals surface area contributed by atoms with Crippen molar-refractivity contribution < 1.29 is 18.7 Å². The minimum Gasteiger partial charge on any atom is -0.477 e. The van der Waals surface area contributed by atoms with Crippen LogP contribution in [0.1, 0.15) is 40.2 Å². The molecule has 1 aliphatic rings. The van der Waals surface area contributed by atoms with Gasteiger partial charge < -0.3 is 10.8 Å². The molecule has 4 rings (SSSR count). The number of carboxylic acid groups (broad SMARTS) is 1. The van der Waals surface area contributed by atoms with Crippen molar-refractivity contribution in [1.82, 2.24) is 4.40 Å². The highest BCUT2D eigenvalue weighted by Gasteiger charge is 2.34. The Hall–Kier alpha value is -3.22. The van der Waals surface area contributed by atoms with Gasteiger partial charge in [-0.25, -0.2) is 13.6 Å². The smallest absolute Gasteiger partial charge is 0.342 e. The summed E-state index contributed by atoms with van der Waals surface area (Å²) in [6, 6.07) is 5.28. The van der Waals surface area contributed by atoms with E-state index in [-0.39, 0.29) is 22.7 Å². The first-order valence-electron chi connectivity index (χ1n) is 8.46. The van der Waals surface area contributed by atoms with Gasteiger partial charge in [-0.1, -0.05) is 6.07 Å². The number of carboxylic acids is 1. The van der Waals surface area contributed by atoms with Crippen molar-refractivity contribution in [2.24, 2.45) is 0 Å². The summed E-state index contributed by atoms with van der Waals surface area (Å²) >= 11 is 0. The molecule has 1 saturated carbocycles. The lowest BCUT2D eigenvalue weighted by molar-refractivity contribution is 0.0695. The fourth-order valence-electron chi connectivity index (χ4n) is 3.62. The van der Waals surface area contributed by atoms with E-state index in [1.807, 2.05) is 0 Å². The van der Waals surface area contributed by atoms with E-state index in [9.17, 15) is 23.5 Å². The molecule has 0 amide bonds. The first kappa shape index (κ1) is 17.2. The van der Waals surface area contributed by atoms with Crippen LogP contribution in [0.5, 0.6) is 0 Å². The molecule has 0 bridgehead atoms. The molecule has 5 nitrogen and oxygen atoms in total. The largest absolute Gasteiger partial charge is 0.477 e. The van der Waals surface area contributed by atoms with Crippen molar-refractivity contribution in [3.05, 3.63) is 69.1 Å². The number of aryl methyl sites for hydroxylation is 1. The molecular formula is C20H16F2N2O3. The Morgan fingerprint density at radius 2 is 1.96 bits per heavy atom. The summed E-state index contributed by atoms with van der Waals surface area (Å²) < 4.78 is 29.1. The Morgan fingerprint density at radius 3 is 2.56 bits per heavy atom. The molecule has 0 radical (unpaired) electrons. The van der Waals surface area contributed by atoms with Crippen LogP contribution in [0.2, 0.25) is 0 Å². The fraction of sp³-hybridized carbons (Fsp3) is 0.200. The molecule has 2 aromatic heterocycles. The second-order valence-electron chi connectivity index (χ2n) is 6.84. The molecular weight excluding hydrogens is 354 g/mol. The maximum Gasteiger partial charge on any atom is 0.342 e. The maximum atomic E-state index is 14.1. The number of pyridine rings is 2. The van der Waals surface area contributed by atoms with Crippen molar-refractivity contribution in [2.75, 3.05) is 5.73 Å². The summed E-state index contributed by atoms with van der Waals surface area (Å²) in [5.41, 5.74) is 6.20. The molecule has 3 aromatic rings. The lowest BCUT2D eigenvalue weighted by Gasteiger charge is -2.18. The number of aromatic nitrogens is 1. The number of nitrogens with two attached hydrogens (primary N) is 1. The van der Waals surface area contributed by atoms with E-state index in [1.54, 1.807) is 6.92 Å². The zero-order valence-electron chi connectivity index (χ0n) is 14.4. The van der Waals surface area contributed by atoms with Gasteiger partial charge in [-0.05, 0) is 60.6 Å². The van der Waals surface area contributed by atoms with Gasteiger partial charge in [-0.2, -0.15) is 0 Å². The number of benzene rings is 1. The van der Waals surface area contributed by atoms with Crippen LogP contribution in [0, 0.1) is 18.6 Å². The fourth-order valence-corrected chi connectivity index (χ4v) is 3.62. The van der Waals surface area contributed by atoms with E-state index in [0.29, 0.717) is 16.6 Å². The minimum absolute atomic E-state index is 0.0264. The molecule has 0 unspecified atom stereocenters. The molecule has 1 fully saturated rings. The Morgan fingerprint density at radius 1 is 1.26 bits per heavy atom. The Labute approximate surface area is 152 Å². The number of rotatable bonds is 3. The Balaban J connectivity index is 2.24. The average molecular weight is 370 g/mol. The number of aromatic carboxylic acids is 1. The standard InChI is InChI=1S/C20H16F2N2O3/c1-9-6-12(21)8-24-18(9)16(10-2-3-10)15(17(19(24)25)20(26)27)11-4-5-14(23)13(22)7-11/h4-8,10H,2-3,23H2,1H3,(H,26,27). The van der Waals surface area contributed by atoms with Crippen LogP contribution < -0.4 is 11.3 Å². The van der Waals surface area contributed by atoms with Gasteiger partial charge in [0.2, 0.25) is 0 Å². The highest BCUT2D eigenvalue weighted by atomic mass is 19.1. The van der Waals surface area contributed by atoms with Crippen LogP contribution in [0.15, 0.2) is 35.3 Å². The van der Waals surface area contributed by atoms with Crippen molar-refractivity contribution in [3.63, 3.8) is 0 Å². The van der Waals surface area contributed by atoms with Gasteiger partial charge >= 0.3 is 5.97 Å². The first-order valence-corrected chi connectivity index (χ1v) is 8.46. The number of hydrogen-bond donors (Lipinski definition) is 2. The molecule has 138 valence electrons. The number of anilines is 1. The van der Waals surface area contributed by atoms with Crippen LogP contribution in [-0.4, -0.2) is 15.5 Å². The highest BCUT2D eigenvalue weighted by Crippen LogP contribution is 2.47. The van der Waals surface area contributed by atoms with Gasteiger partial charge in [-0.3, -0.25) is 9.20 Å². The van der Waals surface area contributed by atoms with Crippen molar-refractivity contribution in [2.45, 2.75) is 25.7 Å². The molecule has 0 atom stereocenters. The molecule has 7 heteroatoms. The molecule has 27 heavy (non-hydrogen) atoms. The van der Waals surface area contributed by atoms with E-state index in [1.165, 1.54) is 18.2 Å². The molecule has 0 aliphatic heterocycles. The summed E-state index contributed by atoms with van der Waals surface area (Å²) in [7, 11) is 0. The summed E-state index contributed by atoms with van der Waals surface area (Å²) in [5.74, 6) is -2.74. The number of carbonyl (C=O) groups is 1. The lowest BCUT2D eigenvalue weighted by atomic mass is 9.90. The van der Waals surface area contributed by atoms with Gasteiger partial charge in [-0.15, -0.1) is 0 Å². The van der Waals surface area contributed by atoms with E-state index in [0.717, 1.165) is 29.5 Å². The molecule has 1 aromatic carbocycles. The van der Waals surface area contributed by atoms with Crippen molar-refractivity contribution in [1.29, 1.82) is 0 Å². The first-order chi connectivity index (χ1) is 12.8.